The van der Waals surface area contributed by atoms with Gasteiger partial charge in [-0.2, -0.15) is 4.98 Å². The number of rotatable bonds is 5. The summed E-state index contributed by atoms with van der Waals surface area (Å²) in [6.07, 6.45) is 1.49. The van der Waals surface area contributed by atoms with Crippen molar-refractivity contribution in [3.8, 4) is 23.0 Å². The Morgan fingerprint density at radius 2 is 1.97 bits per heavy atom. The molecule has 1 N–H and O–H groups in total. The molecule has 2 aromatic carbocycles. The third kappa shape index (κ3) is 3.71. The van der Waals surface area contributed by atoms with E-state index in [0.717, 1.165) is 6.07 Å². The maximum Gasteiger partial charge on any atom is 0.270 e. The number of benzene rings is 2. The SMILES string of the molecule is O=C(Nc1ccccc1-c1nc(-c2ccco2)no1)c1ccc([N+](=O)[O-])cc1Cl. The number of para-hydroxylation sites is 1. The van der Waals surface area contributed by atoms with E-state index in [4.69, 9.17) is 20.5 Å². The Labute approximate surface area is 168 Å². The molecular formula is C19H11ClN4O5. The summed E-state index contributed by atoms with van der Waals surface area (Å²) in [5.41, 5.74) is 0.780. The van der Waals surface area contributed by atoms with Gasteiger partial charge < -0.3 is 14.3 Å². The monoisotopic (exact) mass is 410 g/mol. The molecule has 4 aromatic rings. The van der Waals surface area contributed by atoms with Crippen LogP contribution in [0.3, 0.4) is 0 Å². The number of aromatic nitrogens is 2. The molecule has 0 saturated carbocycles. The number of nitro benzene ring substituents is 1. The van der Waals surface area contributed by atoms with E-state index in [1.807, 2.05) is 0 Å². The lowest BCUT2D eigenvalue weighted by atomic mass is 10.1. The summed E-state index contributed by atoms with van der Waals surface area (Å²) in [4.78, 5) is 27.2. The van der Waals surface area contributed by atoms with E-state index >= 15 is 0 Å². The summed E-state index contributed by atoms with van der Waals surface area (Å²) in [5, 5.41) is 17.4. The summed E-state index contributed by atoms with van der Waals surface area (Å²) < 4.78 is 10.5. The van der Waals surface area contributed by atoms with Gasteiger partial charge in [0.2, 0.25) is 5.82 Å². The molecule has 2 aromatic heterocycles. The van der Waals surface area contributed by atoms with Gasteiger partial charge in [0, 0.05) is 12.1 Å². The number of nitrogens with zero attached hydrogens (tertiary/aromatic N) is 3. The normalized spacial score (nSPS) is 10.7. The fourth-order valence-electron chi connectivity index (χ4n) is 2.61. The number of hydrogen-bond donors (Lipinski definition) is 1. The van der Waals surface area contributed by atoms with Gasteiger partial charge in [-0.3, -0.25) is 14.9 Å². The molecule has 10 heteroatoms. The fraction of sp³-hybridized carbons (Fsp3) is 0. The molecule has 29 heavy (non-hydrogen) atoms. The molecule has 0 radical (unpaired) electrons. The Morgan fingerprint density at radius 3 is 2.69 bits per heavy atom. The van der Waals surface area contributed by atoms with Gasteiger partial charge in [-0.05, 0) is 30.3 Å². The predicted octanol–water partition coefficient (Wildman–Crippen LogP) is 4.81. The van der Waals surface area contributed by atoms with E-state index in [-0.39, 0.29) is 28.0 Å². The highest BCUT2D eigenvalue weighted by Crippen LogP contribution is 2.30. The van der Waals surface area contributed by atoms with Crippen LogP contribution in [0, 0.1) is 10.1 Å². The van der Waals surface area contributed by atoms with Gasteiger partial charge in [-0.25, -0.2) is 0 Å². The van der Waals surface area contributed by atoms with E-state index in [1.165, 1.54) is 18.4 Å². The van der Waals surface area contributed by atoms with Gasteiger partial charge in [-0.1, -0.05) is 28.9 Å². The van der Waals surface area contributed by atoms with Crippen LogP contribution >= 0.6 is 11.6 Å². The van der Waals surface area contributed by atoms with Crippen molar-refractivity contribution in [3.63, 3.8) is 0 Å². The molecule has 2 heterocycles. The van der Waals surface area contributed by atoms with Crippen molar-refractivity contribution < 1.29 is 18.7 Å². The van der Waals surface area contributed by atoms with Crippen molar-refractivity contribution in [2.45, 2.75) is 0 Å². The van der Waals surface area contributed by atoms with Crippen LogP contribution in [0.4, 0.5) is 11.4 Å². The smallest absolute Gasteiger partial charge is 0.270 e. The summed E-state index contributed by atoms with van der Waals surface area (Å²) in [7, 11) is 0. The molecule has 0 atom stereocenters. The molecular weight excluding hydrogens is 400 g/mol. The Kier molecular flexibility index (Phi) is 4.80. The predicted molar refractivity (Wildman–Crippen MR) is 103 cm³/mol. The van der Waals surface area contributed by atoms with Crippen LogP contribution in [-0.4, -0.2) is 21.0 Å². The van der Waals surface area contributed by atoms with Gasteiger partial charge in [0.25, 0.3) is 17.5 Å². The van der Waals surface area contributed by atoms with E-state index in [1.54, 1.807) is 36.4 Å². The minimum absolute atomic E-state index is 0.0351. The molecule has 9 nitrogen and oxygen atoms in total. The van der Waals surface area contributed by atoms with Crippen molar-refractivity contribution in [2.75, 3.05) is 5.32 Å². The van der Waals surface area contributed by atoms with Crippen molar-refractivity contribution in [3.05, 3.63) is 81.6 Å². The summed E-state index contributed by atoms with van der Waals surface area (Å²) >= 11 is 6.04. The molecule has 0 fully saturated rings. The third-order valence-electron chi connectivity index (χ3n) is 3.98. The molecule has 0 spiro atoms. The molecule has 0 aliphatic carbocycles. The van der Waals surface area contributed by atoms with Crippen LogP contribution in [0.2, 0.25) is 5.02 Å². The van der Waals surface area contributed by atoms with Gasteiger partial charge >= 0.3 is 0 Å². The van der Waals surface area contributed by atoms with Gasteiger partial charge in [-0.15, -0.1) is 0 Å². The second-order valence-corrected chi connectivity index (χ2v) is 6.23. The molecule has 0 aliphatic rings. The van der Waals surface area contributed by atoms with Crippen LogP contribution in [0.25, 0.3) is 23.0 Å². The first-order valence-corrected chi connectivity index (χ1v) is 8.63. The average molecular weight is 411 g/mol. The first-order valence-electron chi connectivity index (χ1n) is 8.25. The minimum Gasteiger partial charge on any atom is -0.461 e. The quantitative estimate of drug-likeness (QED) is 0.369. The topological polar surface area (TPSA) is 124 Å². The van der Waals surface area contributed by atoms with Crippen LogP contribution in [-0.2, 0) is 0 Å². The number of amides is 1. The zero-order valence-electron chi connectivity index (χ0n) is 14.5. The lowest BCUT2D eigenvalue weighted by Crippen LogP contribution is -2.13. The molecule has 144 valence electrons. The lowest BCUT2D eigenvalue weighted by molar-refractivity contribution is -0.384. The van der Waals surface area contributed by atoms with E-state index in [9.17, 15) is 14.9 Å². The Bertz CT molecular complexity index is 1200. The van der Waals surface area contributed by atoms with Crippen LogP contribution in [0.5, 0.6) is 0 Å². The van der Waals surface area contributed by atoms with Crippen LogP contribution in [0.1, 0.15) is 10.4 Å². The molecule has 4 rings (SSSR count). The number of nitro groups is 1. The van der Waals surface area contributed by atoms with Gasteiger partial charge in [0.15, 0.2) is 5.76 Å². The van der Waals surface area contributed by atoms with Gasteiger partial charge in [0.05, 0.1) is 33.0 Å². The first-order chi connectivity index (χ1) is 14.0. The second-order valence-electron chi connectivity index (χ2n) is 5.82. The second kappa shape index (κ2) is 7.56. The van der Waals surface area contributed by atoms with Crippen molar-refractivity contribution in [2.24, 2.45) is 0 Å². The largest absolute Gasteiger partial charge is 0.461 e. The standard InChI is InChI=1S/C19H11ClN4O5/c20-14-10-11(24(26)27)7-8-12(14)18(25)21-15-5-2-1-4-13(15)19-22-17(23-29-19)16-6-3-9-28-16/h1-10H,(H,21,25). The number of carbonyl (C=O) groups excluding carboxylic acids is 1. The zero-order chi connectivity index (χ0) is 20.4. The fourth-order valence-corrected chi connectivity index (χ4v) is 2.87. The molecule has 0 saturated heterocycles. The van der Waals surface area contributed by atoms with Crippen molar-refractivity contribution in [1.29, 1.82) is 0 Å². The molecule has 0 aliphatic heterocycles. The number of non-ortho nitro benzene ring substituents is 1. The first kappa shape index (κ1) is 18.4. The van der Waals surface area contributed by atoms with Crippen LogP contribution in [0.15, 0.2) is 69.8 Å². The summed E-state index contributed by atoms with van der Waals surface area (Å²) in [5.74, 6) is 0.355. The van der Waals surface area contributed by atoms with E-state index < -0.39 is 10.8 Å². The zero-order valence-corrected chi connectivity index (χ0v) is 15.3. The highest BCUT2D eigenvalue weighted by atomic mass is 35.5. The number of halogens is 1. The number of nitrogens with one attached hydrogen (secondary N) is 1. The number of carbonyl (C=O) groups is 1. The Hall–Kier alpha value is -3.98. The van der Waals surface area contributed by atoms with Crippen molar-refractivity contribution in [1.82, 2.24) is 10.1 Å². The van der Waals surface area contributed by atoms with Gasteiger partial charge in [0.1, 0.15) is 0 Å². The maximum atomic E-state index is 12.6. The molecule has 0 unspecified atom stereocenters. The average Bonchev–Trinajstić information content (AvgIpc) is 3.40. The maximum absolute atomic E-state index is 12.6. The number of furan rings is 1. The highest BCUT2D eigenvalue weighted by Gasteiger charge is 2.19. The molecule has 1 amide bonds. The Morgan fingerprint density at radius 1 is 1.14 bits per heavy atom. The van der Waals surface area contributed by atoms with Crippen molar-refractivity contribution >= 4 is 28.9 Å². The molecule has 0 bridgehead atoms. The van der Waals surface area contributed by atoms with E-state index in [0.29, 0.717) is 17.0 Å². The van der Waals surface area contributed by atoms with Crippen LogP contribution < -0.4 is 5.32 Å². The third-order valence-corrected chi connectivity index (χ3v) is 4.29. The summed E-state index contributed by atoms with van der Waals surface area (Å²) in [6, 6.07) is 13.8. The number of anilines is 1. The Balaban J connectivity index is 1.62. The minimum atomic E-state index is -0.588. The van der Waals surface area contributed by atoms with E-state index in [2.05, 4.69) is 15.5 Å². The summed E-state index contributed by atoms with van der Waals surface area (Å²) in [6.45, 7) is 0. The number of hydrogen-bond acceptors (Lipinski definition) is 7. The lowest BCUT2D eigenvalue weighted by Gasteiger charge is -2.09. The highest BCUT2D eigenvalue weighted by molar-refractivity contribution is 6.34.